The molecule has 2 aromatic carbocycles. The number of halogens is 3. The molecule has 0 amide bonds. The van der Waals surface area contributed by atoms with Crippen molar-refractivity contribution in [1.29, 1.82) is 0 Å². The van der Waals surface area contributed by atoms with Crippen LogP contribution in [0.5, 0.6) is 23.1 Å². The molecule has 2 heterocycles. The SMILES string of the molecule is COc1ccc(-n2cc(COc3ccc(OCC(=O)O)c(C)c3)nc2-c2ccc(OC(F)(F)F)cc2)cn1. The van der Waals surface area contributed by atoms with Crippen molar-refractivity contribution in [1.82, 2.24) is 14.5 Å². The van der Waals surface area contributed by atoms with E-state index in [1.54, 1.807) is 54.2 Å². The van der Waals surface area contributed by atoms with Gasteiger partial charge in [-0.05, 0) is 61.0 Å². The molecule has 0 spiro atoms. The van der Waals surface area contributed by atoms with Gasteiger partial charge in [0.15, 0.2) is 6.61 Å². The molecular weight excluding hydrogens is 507 g/mol. The fraction of sp³-hybridized carbons (Fsp3) is 0.192. The Morgan fingerprint density at radius 2 is 1.76 bits per heavy atom. The van der Waals surface area contributed by atoms with E-state index in [0.29, 0.717) is 45.7 Å². The highest BCUT2D eigenvalue weighted by atomic mass is 19.4. The minimum atomic E-state index is -4.79. The second-order valence-electron chi connectivity index (χ2n) is 7.96. The van der Waals surface area contributed by atoms with Gasteiger partial charge in [-0.15, -0.1) is 13.2 Å². The van der Waals surface area contributed by atoms with E-state index < -0.39 is 18.9 Å². The highest BCUT2D eigenvalue weighted by Crippen LogP contribution is 2.29. The van der Waals surface area contributed by atoms with Crippen molar-refractivity contribution in [3.63, 3.8) is 0 Å². The summed E-state index contributed by atoms with van der Waals surface area (Å²) in [7, 11) is 1.50. The van der Waals surface area contributed by atoms with Gasteiger partial charge in [0.1, 0.15) is 29.7 Å². The molecule has 0 aliphatic heterocycles. The first-order valence-electron chi connectivity index (χ1n) is 11.1. The number of hydrogen-bond donors (Lipinski definition) is 1. The van der Waals surface area contributed by atoms with Gasteiger partial charge in [0, 0.05) is 17.8 Å². The van der Waals surface area contributed by atoms with E-state index >= 15 is 0 Å². The molecule has 0 saturated heterocycles. The number of benzene rings is 2. The molecule has 0 fully saturated rings. The van der Waals surface area contributed by atoms with E-state index in [-0.39, 0.29) is 12.4 Å². The van der Waals surface area contributed by atoms with Crippen molar-refractivity contribution in [2.24, 2.45) is 0 Å². The Hall–Kier alpha value is -4.74. The summed E-state index contributed by atoms with van der Waals surface area (Å²) in [6.07, 6.45) is -1.48. The molecule has 2 aromatic heterocycles. The van der Waals surface area contributed by atoms with E-state index in [4.69, 9.17) is 19.3 Å². The van der Waals surface area contributed by atoms with Crippen molar-refractivity contribution < 1.29 is 42.0 Å². The predicted octanol–water partition coefficient (Wildman–Crippen LogP) is 5.19. The lowest BCUT2D eigenvalue weighted by molar-refractivity contribution is -0.274. The molecule has 0 atom stereocenters. The average Bonchev–Trinajstić information content (AvgIpc) is 3.30. The monoisotopic (exact) mass is 529 g/mol. The zero-order valence-corrected chi connectivity index (χ0v) is 20.2. The summed E-state index contributed by atoms with van der Waals surface area (Å²) < 4.78 is 59.6. The van der Waals surface area contributed by atoms with Crippen LogP contribution in [0.1, 0.15) is 11.3 Å². The topological polar surface area (TPSA) is 105 Å². The van der Waals surface area contributed by atoms with Crippen LogP contribution in [0.4, 0.5) is 13.2 Å². The van der Waals surface area contributed by atoms with Crippen molar-refractivity contribution in [3.8, 4) is 40.2 Å². The number of carbonyl (C=O) groups is 1. The van der Waals surface area contributed by atoms with Gasteiger partial charge >= 0.3 is 12.3 Å². The molecule has 4 rings (SSSR count). The number of imidazole rings is 1. The Balaban J connectivity index is 1.59. The molecule has 198 valence electrons. The second kappa shape index (κ2) is 11.1. The number of aromatic nitrogens is 3. The number of carboxylic acids is 1. The molecule has 9 nitrogen and oxygen atoms in total. The molecule has 0 saturated carbocycles. The Morgan fingerprint density at radius 3 is 2.37 bits per heavy atom. The van der Waals surface area contributed by atoms with Crippen LogP contribution in [0.3, 0.4) is 0 Å². The molecule has 0 unspecified atom stereocenters. The summed E-state index contributed by atoms with van der Waals surface area (Å²) in [6, 6.07) is 13.8. The fourth-order valence-electron chi connectivity index (χ4n) is 3.51. The lowest BCUT2D eigenvalue weighted by atomic mass is 10.2. The number of pyridine rings is 1. The highest BCUT2D eigenvalue weighted by molar-refractivity contribution is 5.68. The highest BCUT2D eigenvalue weighted by Gasteiger charge is 2.31. The number of nitrogens with zero attached hydrogens (tertiary/aromatic N) is 3. The van der Waals surface area contributed by atoms with Gasteiger partial charge in [-0.1, -0.05) is 0 Å². The zero-order chi connectivity index (χ0) is 27.3. The first kappa shape index (κ1) is 26.3. The van der Waals surface area contributed by atoms with Crippen LogP contribution in [-0.4, -0.2) is 45.7 Å². The van der Waals surface area contributed by atoms with E-state index in [1.807, 2.05) is 0 Å². The smallest absolute Gasteiger partial charge is 0.487 e. The van der Waals surface area contributed by atoms with Crippen LogP contribution in [0.15, 0.2) is 67.0 Å². The van der Waals surface area contributed by atoms with Crippen LogP contribution in [0.25, 0.3) is 17.1 Å². The van der Waals surface area contributed by atoms with Crippen LogP contribution in [-0.2, 0) is 11.4 Å². The largest absolute Gasteiger partial charge is 0.573 e. The lowest BCUT2D eigenvalue weighted by Crippen LogP contribution is -2.16. The summed E-state index contributed by atoms with van der Waals surface area (Å²) >= 11 is 0. The number of carboxylic acid groups (broad SMARTS) is 1. The van der Waals surface area contributed by atoms with Gasteiger partial charge in [-0.3, -0.25) is 4.57 Å². The minimum absolute atomic E-state index is 0.0770. The van der Waals surface area contributed by atoms with Crippen LogP contribution in [0, 0.1) is 6.92 Å². The van der Waals surface area contributed by atoms with Crippen LogP contribution >= 0.6 is 0 Å². The molecule has 1 N–H and O–H groups in total. The van der Waals surface area contributed by atoms with Crippen molar-refractivity contribution >= 4 is 5.97 Å². The predicted molar refractivity (Wildman–Crippen MR) is 129 cm³/mol. The third-order valence-corrected chi connectivity index (χ3v) is 5.19. The zero-order valence-electron chi connectivity index (χ0n) is 20.2. The third kappa shape index (κ3) is 6.72. The van der Waals surface area contributed by atoms with Gasteiger partial charge in [-0.2, -0.15) is 0 Å². The minimum Gasteiger partial charge on any atom is -0.487 e. The third-order valence-electron chi connectivity index (χ3n) is 5.19. The molecule has 0 aliphatic carbocycles. The van der Waals surface area contributed by atoms with E-state index in [2.05, 4.69) is 14.7 Å². The number of methoxy groups -OCH3 is 1. The second-order valence-corrected chi connectivity index (χ2v) is 7.96. The maximum absolute atomic E-state index is 12.6. The van der Waals surface area contributed by atoms with E-state index in [9.17, 15) is 18.0 Å². The van der Waals surface area contributed by atoms with E-state index in [0.717, 1.165) is 0 Å². The van der Waals surface area contributed by atoms with Crippen molar-refractivity contribution in [2.75, 3.05) is 13.7 Å². The number of aryl methyl sites for hydroxylation is 1. The van der Waals surface area contributed by atoms with Crippen LogP contribution < -0.4 is 18.9 Å². The average molecular weight is 529 g/mol. The Kier molecular flexibility index (Phi) is 7.70. The maximum Gasteiger partial charge on any atom is 0.573 e. The van der Waals surface area contributed by atoms with Gasteiger partial charge in [-0.25, -0.2) is 14.8 Å². The van der Waals surface area contributed by atoms with Crippen molar-refractivity contribution in [2.45, 2.75) is 19.9 Å². The number of hydrogen-bond acceptors (Lipinski definition) is 7. The Morgan fingerprint density at radius 1 is 1.03 bits per heavy atom. The maximum atomic E-state index is 12.6. The molecule has 38 heavy (non-hydrogen) atoms. The quantitative estimate of drug-likeness (QED) is 0.299. The van der Waals surface area contributed by atoms with Gasteiger partial charge in [0.05, 0.1) is 24.7 Å². The molecule has 0 radical (unpaired) electrons. The Labute approximate surface area is 215 Å². The first-order valence-corrected chi connectivity index (χ1v) is 11.1. The fourth-order valence-corrected chi connectivity index (χ4v) is 3.51. The summed E-state index contributed by atoms with van der Waals surface area (Å²) in [5.74, 6) is 0.379. The van der Waals surface area contributed by atoms with Crippen LogP contribution in [0.2, 0.25) is 0 Å². The summed E-state index contributed by atoms with van der Waals surface area (Å²) in [6.45, 7) is 1.39. The number of aliphatic carboxylic acids is 1. The Bertz CT molecular complexity index is 1400. The van der Waals surface area contributed by atoms with Gasteiger partial charge in [0.2, 0.25) is 5.88 Å². The summed E-state index contributed by atoms with van der Waals surface area (Å²) in [5.41, 5.74) is 2.42. The molecule has 0 bridgehead atoms. The molecule has 0 aliphatic rings. The standard InChI is InChI=1S/C26H22F3N3O6/c1-16-11-21(8-9-22(16)37-15-24(33)34)36-14-18-13-32(19-5-10-23(35-2)30-12-19)25(31-18)17-3-6-20(7-4-17)38-26(27,28)29/h3-13H,14-15H2,1-2H3,(H,33,34). The van der Waals surface area contributed by atoms with Gasteiger partial charge in [0.25, 0.3) is 0 Å². The lowest BCUT2D eigenvalue weighted by Gasteiger charge is -2.10. The summed E-state index contributed by atoms with van der Waals surface area (Å²) in [4.78, 5) is 19.6. The number of alkyl halides is 3. The van der Waals surface area contributed by atoms with Crippen molar-refractivity contribution in [3.05, 3.63) is 78.2 Å². The molecule has 12 heteroatoms. The number of rotatable bonds is 10. The van der Waals surface area contributed by atoms with Gasteiger partial charge < -0.3 is 24.1 Å². The molecular formula is C26H22F3N3O6. The number of ether oxygens (including phenoxy) is 4. The summed E-state index contributed by atoms with van der Waals surface area (Å²) in [5, 5.41) is 8.78. The normalized spacial score (nSPS) is 11.2. The molecule has 4 aromatic rings. The first-order chi connectivity index (χ1) is 18.1. The van der Waals surface area contributed by atoms with E-state index in [1.165, 1.54) is 31.4 Å².